The van der Waals surface area contributed by atoms with Crippen molar-refractivity contribution in [3.05, 3.63) is 80.9 Å². The maximum Gasteiger partial charge on any atom is 0.416 e. The van der Waals surface area contributed by atoms with Crippen LogP contribution in [-0.2, 0) is 6.18 Å². The molecule has 1 aliphatic rings. The maximum absolute atomic E-state index is 14.7. The molecule has 3 aromatic rings. The summed E-state index contributed by atoms with van der Waals surface area (Å²) in [5, 5.41) is 1.94. The van der Waals surface area contributed by atoms with E-state index >= 15 is 0 Å². The Hall–Kier alpha value is -4.29. The van der Waals surface area contributed by atoms with Crippen molar-refractivity contribution in [2.45, 2.75) is 6.18 Å². The number of nitrogens with zero attached hydrogens (tertiary/aromatic N) is 1. The van der Waals surface area contributed by atoms with Gasteiger partial charge in [0.25, 0.3) is 17.4 Å². The molecular weight excluding hydrogens is 460 g/mol. The number of ether oxygens (including phenoxy) is 1. The summed E-state index contributed by atoms with van der Waals surface area (Å²) in [5.41, 5.74) is 2.15. The molecule has 0 aliphatic carbocycles. The van der Waals surface area contributed by atoms with Gasteiger partial charge in [-0.3, -0.25) is 24.3 Å². The Kier molecular flexibility index (Phi) is 4.91. The number of anilines is 1. The number of alkyl halides is 3. The largest absolute Gasteiger partial charge is 0.451 e. The summed E-state index contributed by atoms with van der Waals surface area (Å²) in [6.07, 6.45) is -5.00. The van der Waals surface area contributed by atoms with Crippen LogP contribution in [0.3, 0.4) is 0 Å². The standard InChI is InChI=1S/C20H9F6N3O4/c21-10-5-8(33-16-11(22)3-7(4-12(16)23)20(24,25)26)1-2-13(10)29-14(30)6-9-15(17(29)27)19(32)28-18(9)31/h1-6H,27H2,(H,28,31,32). The lowest BCUT2D eigenvalue weighted by molar-refractivity contribution is -0.138. The minimum Gasteiger partial charge on any atom is -0.451 e. The zero-order valence-corrected chi connectivity index (χ0v) is 15.9. The van der Waals surface area contributed by atoms with E-state index in [4.69, 9.17) is 10.5 Å². The van der Waals surface area contributed by atoms with Crippen molar-refractivity contribution >= 4 is 17.6 Å². The zero-order chi connectivity index (χ0) is 24.2. The molecule has 2 heterocycles. The van der Waals surface area contributed by atoms with E-state index in [0.717, 1.165) is 18.2 Å². The van der Waals surface area contributed by atoms with Gasteiger partial charge in [0.05, 0.1) is 22.4 Å². The van der Waals surface area contributed by atoms with Crippen LogP contribution in [0.4, 0.5) is 32.2 Å². The van der Waals surface area contributed by atoms with E-state index in [1.807, 2.05) is 5.32 Å². The van der Waals surface area contributed by atoms with E-state index in [2.05, 4.69) is 0 Å². The molecule has 0 saturated carbocycles. The molecule has 13 heteroatoms. The number of fused-ring (bicyclic) bond motifs is 1. The number of nitrogens with two attached hydrogens (primary N) is 1. The average Bonchev–Trinajstić information content (AvgIpc) is 2.98. The molecule has 0 unspecified atom stereocenters. The summed E-state index contributed by atoms with van der Waals surface area (Å²) >= 11 is 0. The van der Waals surface area contributed by atoms with Crippen LogP contribution in [-0.4, -0.2) is 16.4 Å². The van der Waals surface area contributed by atoms with Crippen LogP contribution in [0.25, 0.3) is 5.69 Å². The Bertz CT molecular complexity index is 1390. The lowest BCUT2D eigenvalue weighted by Gasteiger charge is -2.14. The van der Waals surface area contributed by atoms with E-state index < -0.39 is 69.6 Å². The number of hydrogen-bond acceptors (Lipinski definition) is 5. The normalized spacial score (nSPS) is 13.2. The first-order chi connectivity index (χ1) is 15.4. The van der Waals surface area contributed by atoms with E-state index in [0.29, 0.717) is 10.6 Å². The molecular formula is C20H9F6N3O4. The predicted octanol–water partition coefficient (Wildman–Crippen LogP) is 3.53. The van der Waals surface area contributed by atoms with Crippen molar-refractivity contribution in [2.24, 2.45) is 0 Å². The number of amides is 2. The SMILES string of the molecule is Nc1c2c(cc(=O)n1-c1ccc(Oc3c(F)cc(C(F)(F)F)cc3F)cc1F)C(=O)NC2=O. The van der Waals surface area contributed by atoms with Crippen LogP contribution in [0.5, 0.6) is 11.5 Å². The summed E-state index contributed by atoms with van der Waals surface area (Å²) in [4.78, 5) is 36.0. The number of rotatable bonds is 3. The van der Waals surface area contributed by atoms with Crippen molar-refractivity contribution < 1.29 is 40.7 Å². The number of nitrogens with one attached hydrogen (secondary N) is 1. The third-order valence-electron chi connectivity index (χ3n) is 4.66. The molecule has 0 saturated heterocycles. The number of halogens is 6. The fourth-order valence-electron chi connectivity index (χ4n) is 3.20. The number of nitrogen functional groups attached to an aromatic ring is 1. The van der Waals surface area contributed by atoms with Crippen molar-refractivity contribution in [3.8, 4) is 17.2 Å². The number of hydrogen-bond donors (Lipinski definition) is 2. The first-order valence-electron chi connectivity index (χ1n) is 8.83. The lowest BCUT2D eigenvalue weighted by Crippen LogP contribution is -2.24. The fraction of sp³-hybridized carbons (Fsp3) is 0.0500. The van der Waals surface area contributed by atoms with Gasteiger partial charge in [0.15, 0.2) is 23.2 Å². The number of aromatic nitrogens is 1. The number of benzene rings is 2. The molecule has 3 N–H and O–H groups in total. The topological polar surface area (TPSA) is 103 Å². The number of carbonyl (C=O) groups excluding carboxylic acids is 2. The van der Waals surface area contributed by atoms with Crippen LogP contribution in [0.2, 0.25) is 0 Å². The molecule has 170 valence electrons. The summed E-state index contributed by atoms with van der Waals surface area (Å²) in [6.45, 7) is 0. The van der Waals surface area contributed by atoms with Gasteiger partial charge in [0.1, 0.15) is 11.6 Å². The van der Waals surface area contributed by atoms with E-state index in [1.54, 1.807) is 0 Å². The molecule has 0 atom stereocenters. The average molecular weight is 469 g/mol. The van der Waals surface area contributed by atoms with Crippen LogP contribution < -0.4 is 21.3 Å². The van der Waals surface area contributed by atoms with Gasteiger partial charge in [-0.2, -0.15) is 13.2 Å². The highest BCUT2D eigenvalue weighted by atomic mass is 19.4. The molecule has 0 bridgehead atoms. The second kappa shape index (κ2) is 7.39. The molecule has 0 radical (unpaired) electrons. The summed E-state index contributed by atoms with van der Waals surface area (Å²) < 4.78 is 86.1. The summed E-state index contributed by atoms with van der Waals surface area (Å²) in [6, 6.07) is 3.28. The highest BCUT2D eigenvalue weighted by Crippen LogP contribution is 2.36. The van der Waals surface area contributed by atoms with Gasteiger partial charge in [0, 0.05) is 12.1 Å². The Morgan fingerprint density at radius 2 is 1.52 bits per heavy atom. The van der Waals surface area contributed by atoms with E-state index in [9.17, 15) is 40.7 Å². The minimum atomic E-state index is -5.00. The van der Waals surface area contributed by atoms with Crippen LogP contribution in [0.1, 0.15) is 26.3 Å². The summed E-state index contributed by atoms with van der Waals surface area (Å²) in [7, 11) is 0. The van der Waals surface area contributed by atoms with Crippen molar-refractivity contribution in [1.82, 2.24) is 9.88 Å². The highest BCUT2D eigenvalue weighted by molar-refractivity contribution is 6.23. The van der Waals surface area contributed by atoms with Gasteiger partial charge >= 0.3 is 6.18 Å². The van der Waals surface area contributed by atoms with Crippen molar-refractivity contribution in [1.29, 1.82) is 0 Å². The van der Waals surface area contributed by atoms with Gasteiger partial charge in [0.2, 0.25) is 0 Å². The van der Waals surface area contributed by atoms with Crippen molar-refractivity contribution in [2.75, 3.05) is 5.73 Å². The van der Waals surface area contributed by atoms with Crippen LogP contribution >= 0.6 is 0 Å². The van der Waals surface area contributed by atoms with Gasteiger partial charge in [-0.1, -0.05) is 0 Å². The third kappa shape index (κ3) is 3.66. The second-order valence-corrected chi connectivity index (χ2v) is 6.76. The Morgan fingerprint density at radius 3 is 2.09 bits per heavy atom. The Morgan fingerprint density at radius 1 is 0.879 bits per heavy atom. The first kappa shape index (κ1) is 21.9. The molecule has 2 aromatic carbocycles. The van der Waals surface area contributed by atoms with Crippen molar-refractivity contribution in [3.63, 3.8) is 0 Å². The highest BCUT2D eigenvalue weighted by Gasteiger charge is 2.34. The molecule has 2 amide bonds. The molecule has 7 nitrogen and oxygen atoms in total. The summed E-state index contributed by atoms with van der Waals surface area (Å²) in [5.74, 6) is -8.56. The van der Waals surface area contributed by atoms with E-state index in [1.165, 1.54) is 0 Å². The van der Waals surface area contributed by atoms with E-state index in [-0.39, 0.29) is 23.3 Å². The number of carbonyl (C=O) groups is 2. The number of pyridine rings is 1. The second-order valence-electron chi connectivity index (χ2n) is 6.76. The fourth-order valence-corrected chi connectivity index (χ4v) is 3.20. The van der Waals surface area contributed by atoms with Gasteiger partial charge in [-0.25, -0.2) is 13.2 Å². The molecule has 0 fully saturated rings. The smallest absolute Gasteiger partial charge is 0.416 e. The van der Waals surface area contributed by atoms with Gasteiger partial charge in [-0.15, -0.1) is 0 Å². The third-order valence-corrected chi connectivity index (χ3v) is 4.66. The molecule has 33 heavy (non-hydrogen) atoms. The predicted molar refractivity (Wildman–Crippen MR) is 99.6 cm³/mol. The minimum absolute atomic E-state index is 0.0142. The molecule has 1 aliphatic heterocycles. The maximum atomic E-state index is 14.7. The quantitative estimate of drug-likeness (QED) is 0.451. The lowest BCUT2D eigenvalue weighted by atomic mass is 10.1. The van der Waals surface area contributed by atoms with Gasteiger partial charge in [-0.05, 0) is 24.3 Å². The molecule has 0 spiro atoms. The monoisotopic (exact) mass is 469 g/mol. The van der Waals surface area contributed by atoms with Crippen LogP contribution in [0, 0.1) is 17.5 Å². The molecule has 1 aromatic heterocycles. The Balaban J connectivity index is 1.73. The van der Waals surface area contributed by atoms with Gasteiger partial charge < -0.3 is 10.5 Å². The number of imide groups is 1. The van der Waals surface area contributed by atoms with Crippen LogP contribution in [0.15, 0.2) is 41.2 Å². The molecule has 4 rings (SSSR count). The zero-order valence-electron chi connectivity index (χ0n) is 15.9. The Labute approximate surface area is 179 Å². The first-order valence-corrected chi connectivity index (χ1v) is 8.83.